The van der Waals surface area contributed by atoms with Crippen LogP contribution in [0.15, 0.2) is 54.6 Å². The summed E-state index contributed by atoms with van der Waals surface area (Å²) in [6.07, 6.45) is 10.3. The van der Waals surface area contributed by atoms with Gasteiger partial charge in [0.1, 0.15) is 5.82 Å². The van der Waals surface area contributed by atoms with E-state index >= 15 is 0 Å². The molecule has 0 bridgehead atoms. The maximum absolute atomic E-state index is 14.5. The maximum Gasteiger partial charge on any atom is 0.256 e. The summed E-state index contributed by atoms with van der Waals surface area (Å²) in [7, 11) is 0. The molecule has 0 saturated carbocycles. The SMILES string of the molecule is C/C=C(\CC)c1ccc(NC(=O)c2ccc(C3=CCNCC3)c(F)c2)nn1.C/C=C\C=N.CC. The van der Waals surface area contributed by atoms with E-state index in [1.807, 2.05) is 58.9 Å². The highest BCUT2D eigenvalue weighted by Gasteiger charge is 2.14. The summed E-state index contributed by atoms with van der Waals surface area (Å²) in [5.74, 6) is -0.470. The predicted molar refractivity (Wildman–Crippen MR) is 141 cm³/mol. The van der Waals surface area contributed by atoms with Crippen LogP contribution in [-0.4, -0.2) is 35.4 Å². The Morgan fingerprint density at radius 3 is 2.44 bits per heavy atom. The maximum atomic E-state index is 14.5. The third kappa shape index (κ3) is 8.83. The molecule has 1 amide bonds. The van der Waals surface area contributed by atoms with Crippen LogP contribution in [-0.2, 0) is 0 Å². The van der Waals surface area contributed by atoms with E-state index < -0.39 is 11.7 Å². The van der Waals surface area contributed by atoms with Gasteiger partial charge < -0.3 is 16.0 Å². The number of amides is 1. The Labute approximate surface area is 202 Å². The third-order valence-corrected chi connectivity index (χ3v) is 4.89. The van der Waals surface area contributed by atoms with Gasteiger partial charge in [-0.25, -0.2) is 4.39 Å². The highest BCUT2D eigenvalue weighted by atomic mass is 19.1. The zero-order valence-electron chi connectivity index (χ0n) is 20.8. The van der Waals surface area contributed by atoms with E-state index in [0.717, 1.165) is 42.8 Å². The number of allylic oxidation sites excluding steroid dienone is 4. The zero-order chi connectivity index (χ0) is 25.3. The van der Waals surface area contributed by atoms with Crippen LogP contribution in [0.1, 0.15) is 69.1 Å². The van der Waals surface area contributed by atoms with Gasteiger partial charge in [0.05, 0.1) is 5.69 Å². The van der Waals surface area contributed by atoms with E-state index in [1.165, 1.54) is 12.3 Å². The minimum atomic E-state index is -0.413. The van der Waals surface area contributed by atoms with E-state index in [2.05, 4.69) is 20.8 Å². The van der Waals surface area contributed by atoms with Gasteiger partial charge >= 0.3 is 0 Å². The van der Waals surface area contributed by atoms with Gasteiger partial charge in [-0.2, -0.15) is 0 Å². The number of anilines is 1. The Balaban J connectivity index is 0.000000733. The monoisotopic (exact) mass is 465 g/mol. The number of carbonyl (C=O) groups excluding carboxylic acids is 1. The fourth-order valence-electron chi connectivity index (χ4n) is 3.17. The van der Waals surface area contributed by atoms with Crippen LogP contribution in [0.5, 0.6) is 0 Å². The third-order valence-electron chi connectivity index (χ3n) is 4.89. The van der Waals surface area contributed by atoms with Crippen LogP contribution in [0, 0.1) is 11.2 Å². The summed E-state index contributed by atoms with van der Waals surface area (Å²) in [5.41, 5.74) is 3.64. The van der Waals surface area contributed by atoms with E-state index in [0.29, 0.717) is 11.4 Å². The summed E-state index contributed by atoms with van der Waals surface area (Å²) >= 11 is 0. The average molecular weight is 466 g/mol. The molecule has 3 rings (SSSR count). The van der Waals surface area contributed by atoms with Gasteiger partial charge in [0.25, 0.3) is 5.91 Å². The van der Waals surface area contributed by atoms with Crippen molar-refractivity contribution in [3.8, 4) is 0 Å². The van der Waals surface area contributed by atoms with Crippen molar-refractivity contribution in [2.24, 2.45) is 0 Å². The minimum absolute atomic E-state index is 0.249. The lowest BCUT2D eigenvalue weighted by atomic mass is 9.98. The Morgan fingerprint density at radius 1 is 1.21 bits per heavy atom. The second-order valence-corrected chi connectivity index (χ2v) is 7.00. The van der Waals surface area contributed by atoms with Crippen molar-refractivity contribution in [2.75, 3.05) is 18.4 Å². The van der Waals surface area contributed by atoms with E-state index in [1.54, 1.807) is 24.3 Å². The Bertz CT molecular complexity index is 1010. The van der Waals surface area contributed by atoms with Gasteiger partial charge in [-0.15, -0.1) is 10.2 Å². The molecule has 1 aromatic carbocycles. The molecule has 0 radical (unpaired) electrons. The highest BCUT2D eigenvalue weighted by Crippen LogP contribution is 2.24. The fourth-order valence-corrected chi connectivity index (χ4v) is 3.17. The normalized spacial score (nSPS) is 13.1. The fraction of sp³-hybridized carbons (Fsp3) is 0.333. The Hall–Kier alpha value is -3.45. The molecule has 0 unspecified atom stereocenters. The molecule has 34 heavy (non-hydrogen) atoms. The standard InChI is InChI=1S/C21H23FN4O.C4H7N.C2H6/c1-3-14(4-2)19-7-8-20(26-25-19)24-21(27)16-5-6-17(18(22)13-16)15-9-11-23-12-10-15;1-2-3-4-5;1-2/h3,5-9,13,23H,4,10-12H2,1-2H3,(H,24,26,27);2-5H,1H3;1-2H3/b14-3+;3-2-,5-4?;. The van der Waals surface area contributed by atoms with Gasteiger partial charge in [-0.05, 0) is 74.7 Å². The predicted octanol–water partition coefficient (Wildman–Crippen LogP) is 6.30. The van der Waals surface area contributed by atoms with E-state index in [9.17, 15) is 9.18 Å². The van der Waals surface area contributed by atoms with Gasteiger partial charge in [0.15, 0.2) is 5.82 Å². The molecule has 2 aromatic rings. The summed E-state index contributed by atoms with van der Waals surface area (Å²) in [6.45, 7) is 11.4. The number of hydrogen-bond acceptors (Lipinski definition) is 5. The molecule has 0 aliphatic carbocycles. The van der Waals surface area contributed by atoms with Crippen molar-refractivity contribution in [1.29, 1.82) is 5.41 Å². The molecule has 0 saturated heterocycles. The topological polar surface area (TPSA) is 90.8 Å². The second kappa shape index (κ2) is 16.2. The largest absolute Gasteiger partial charge is 0.313 e. The summed E-state index contributed by atoms with van der Waals surface area (Å²) < 4.78 is 14.5. The Kier molecular flexibility index (Phi) is 13.6. The number of aromatic nitrogens is 2. The van der Waals surface area contributed by atoms with Crippen LogP contribution >= 0.6 is 0 Å². The smallest absolute Gasteiger partial charge is 0.256 e. The molecular formula is C27H36FN5O. The van der Waals surface area contributed by atoms with Crippen LogP contribution < -0.4 is 10.6 Å². The average Bonchev–Trinajstić information content (AvgIpc) is 2.88. The minimum Gasteiger partial charge on any atom is -0.313 e. The van der Waals surface area contributed by atoms with Crippen molar-refractivity contribution in [1.82, 2.24) is 15.5 Å². The first-order valence-corrected chi connectivity index (χ1v) is 11.7. The van der Waals surface area contributed by atoms with Gasteiger partial charge in [-0.1, -0.05) is 45.1 Å². The first-order chi connectivity index (χ1) is 16.5. The van der Waals surface area contributed by atoms with Crippen molar-refractivity contribution in [3.05, 3.63) is 77.3 Å². The molecule has 2 heterocycles. The molecule has 0 atom stereocenters. The first-order valence-electron chi connectivity index (χ1n) is 11.7. The number of halogens is 1. The number of carbonyl (C=O) groups is 1. The van der Waals surface area contributed by atoms with E-state index in [-0.39, 0.29) is 5.56 Å². The van der Waals surface area contributed by atoms with Gasteiger partial charge in [0, 0.05) is 23.9 Å². The zero-order valence-corrected chi connectivity index (χ0v) is 20.8. The summed E-state index contributed by atoms with van der Waals surface area (Å²) in [6, 6.07) is 8.08. The van der Waals surface area contributed by atoms with Crippen molar-refractivity contribution in [2.45, 2.75) is 47.5 Å². The van der Waals surface area contributed by atoms with Gasteiger partial charge in [-0.3, -0.25) is 4.79 Å². The van der Waals surface area contributed by atoms with E-state index in [4.69, 9.17) is 5.41 Å². The highest BCUT2D eigenvalue weighted by molar-refractivity contribution is 6.03. The van der Waals surface area contributed by atoms with Crippen LogP contribution in [0.4, 0.5) is 10.2 Å². The molecule has 6 nitrogen and oxygen atoms in total. The lowest BCUT2D eigenvalue weighted by Crippen LogP contribution is -2.20. The van der Waals surface area contributed by atoms with Gasteiger partial charge in [0.2, 0.25) is 0 Å². The first kappa shape index (κ1) is 28.6. The molecule has 0 spiro atoms. The number of benzene rings is 1. The second-order valence-electron chi connectivity index (χ2n) is 7.00. The number of nitrogens with zero attached hydrogens (tertiary/aromatic N) is 2. The lowest BCUT2D eigenvalue weighted by Gasteiger charge is -2.15. The quantitative estimate of drug-likeness (QED) is 0.437. The number of rotatable bonds is 6. The molecule has 1 aliphatic rings. The van der Waals surface area contributed by atoms with Crippen LogP contribution in [0.3, 0.4) is 0 Å². The molecule has 3 N–H and O–H groups in total. The molecule has 7 heteroatoms. The molecule has 1 aliphatic heterocycles. The molecule has 182 valence electrons. The lowest BCUT2D eigenvalue weighted by molar-refractivity contribution is 0.102. The molecule has 1 aromatic heterocycles. The van der Waals surface area contributed by atoms with Crippen molar-refractivity contribution >= 4 is 29.1 Å². The summed E-state index contributed by atoms with van der Waals surface area (Å²) in [5, 5.41) is 20.4. The van der Waals surface area contributed by atoms with Crippen LogP contribution in [0.25, 0.3) is 11.1 Å². The van der Waals surface area contributed by atoms with Crippen molar-refractivity contribution in [3.63, 3.8) is 0 Å². The molecular weight excluding hydrogens is 429 g/mol. The number of nitrogens with one attached hydrogen (secondary N) is 3. The van der Waals surface area contributed by atoms with Crippen LogP contribution in [0.2, 0.25) is 0 Å². The van der Waals surface area contributed by atoms with Crippen molar-refractivity contribution < 1.29 is 9.18 Å². The molecule has 0 fully saturated rings. The Morgan fingerprint density at radius 2 is 1.97 bits per heavy atom. The summed E-state index contributed by atoms with van der Waals surface area (Å²) in [4.78, 5) is 12.4. The number of hydrogen-bond donors (Lipinski definition) is 3.